The highest BCUT2D eigenvalue weighted by Gasteiger charge is 1.92. The van der Waals surface area contributed by atoms with Gasteiger partial charge < -0.3 is 33.8 Å². The van der Waals surface area contributed by atoms with Crippen molar-refractivity contribution < 1.29 is 33.8 Å². The van der Waals surface area contributed by atoms with Gasteiger partial charge in [0.15, 0.2) is 0 Å². The number of halogens is 1. The van der Waals surface area contributed by atoms with E-state index in [0.29, 0.717) is 0 Å². The van der Waals surface area contributed by atoms with Crippen LogP contribution in [0.1, 0.15) is 149 Å². The monoisotopic (exact) mass is 466 g/mol. The molecule has 192 valence electrons. The number of rotatable bonds is 20. The first-order chi connectivity index (χ1) is 14.6. The van der Waals surface area contributed by atoms with E-state index in [1.807, 2.05) is 0 Å². The normalized spacial score (nSPS) is 9.71. The molecule has 0 radical (unpaired) electrons. The quantitative estimate of drug-likeness (QED) is 0.268. The predicted octanol–water partition coefficient (Wildman–Crippen LogP) is 2.06. The minimum atomic E-state index is -1.08. The van der Waals surface area contributed by atoms with Crippen LogP contribution in [-0.4, -0.2) is 19.1 Å². The van der Waals surface area contributed by atoms with E-state index in [1.54, 1.807) is 0 Å². The van der Waals surface area contributed by atoms with Gasteiger partial charge in [-0.2, -0.15) is 0 Å². The van der Waals surface area contributed by atoms with E-state index in [9.17, 15) is 0 Å². The zero-order chi connectivity index (χ0) is 23.1. The number of carbonyl (C=O) groups excluding carboxylic acids is 1. The van der Waals surface area contributed by atoms with E-state index in [-0.39, 0.29) is 12.4 Å². The largest absolute Gasteiger partial charge is 1.00 e. The fourth-order valence-electron chi connectivity index (χ4n) is 3.33. The molecule has 0 bridgehead atoms. The second-order valence-corrected chi connectivity index (χ2v) is 8.56. The average molecular weight is 467 g/mol. The fourth-order valence-corrected chi connectivity index (χ4v) is 3.33. The number of carbonyl (C=O) groups is 1. The molecule has 0 heterocycles. The molecule has 0 amide bonds. The van der Waals surface area contributed by atoms with Crippen LogP contribution in [0.5, 0.6) is 0 Å². The van der Waals surface area contributed by atoms with Crippen molar-refractivity contribution in [3.8, 4) is 0 Å². The first kappa shape index (κ1) is 38.0. The summed E-state index contributed by atoms with van der Waals surface area (Å²) in [6.45, 7) is 7.77. The molecule has 0 spiro atoms. The minimum absolute atomic E-state index is 0. The van der Waals surface area contributed by atoms with Gasteiger partial charge in [0, 0.05) is 5.97 Å². The number of carboxylic acid groups (broad SMARTS) is 1. The number of carboxylic acids is 1. The highest BCUT2D eigenvalue weighted by atomic mass is 35.5. The molecule has 0 aliphatic heterocycles. The Labute approximate surface area is 202 Å². The van der Waals surface area contributed by atoms with Crippen LogP contribution < -0.4 is 29.0 Å². The molecule has 0 saturated heterocycles. The molecule has 0 aromatic heterocycles. The van der Waals surface area contributed by atoms with Crippen molar-refractivity contribution in [1.82, 2.24) is 0 Å². The average Bonchev–Trinajstić information content (AvgIpc) is 2.71. The van der Waals surface area contributed by atoms with Crippen molar-refractivity contribution in [3.05, 3.63) is 0 Å². The van der Waals surface area contributed by atoms with Crippen molar-refractivity contribution in [2.45, 2.75) is 149 Å². The van der Waals surface area contributed by atoms with Gasteiger partial charge in [-0.1, -0.05) is 117 Å². The summed E-state index contributed by atoms with van der Waals surface area (Å²) in [7, 11) is 0. The molecular weight excluding hydrogens is 408 g/mol. The summed E-state index contributed by atoms with van der Waals surface area (Å²) in [5.41, 5.74) is 7.71. The predicted molar refractivity (Wildman–Crippen MR) is 130 cm³/mol. The van der Waals surface area contributed by atoms with Crippen LogP contribution in [0.4, 0.5) is 0 Å². The van der Waals surface area contributed by atoms with E-state index >= 15 is 0 Å². The fraction of sp³-hybridized carbons (Fsp3) is 0.962. The first-order valence-corrected chi connectivity index (χ1v) is 13.3. The smallest absolute Gasteiger partial charge is 0.0739 e. The molecule has 31 heavy (non-hydrogen) atoms. The Morgan fingerprint density at radius 3 is 0.839 bits per heavy atom. The van der Waals surface area contributed by atoms with E-state index in [2.05, 4.69) is 25.3 Å². The molecule has 6 N–H and O–H groups in total. The van der Waals surface area contributed by atoms with Crippen molar-refractivity contribution >= 4 is 5.97 Å². The van der Waals surface area contributed by atoms with E-state index in [0.717, 1.165) is 20.0 Å². The Bertz CT molecular complexity index is 247. The highest BCUT2D eigenvalue weighted by molar-refractivity contribution is 5.60. The third-order valence-electron chi connectivity index (χ3n) is 5.21. The molecule has 0 aromatic carbocycles. The van der Waals surface area contributed by atoms with Gasteiger partial charge in [-0.25, -0.2) is 0 Å². The minimum Gasteiger partial charge on any atom is -1.00 e. The molecule has 0 aliphatic carbocycles. The summed E-state index contributed by atoms with van der Waals surface area (Å²) < 4.78 is 0. The molecule has 0 aliphatic rings. The SMILES string of the molecule is CC(=O)[O-].CCCCCCCCCCCC[NH3+].CCCCCCCCCCCC[NH3+].[Cl-]. The van der Waals surface area contributed by atoms with Crippen molar-refractivity contribution in [1.29, 1.82) is 0 Å². The molecule has 4 nitrogen and oxygen atoms in total. The van der Waals surface area contributed by atoms with Crippen LogP contribution in [0.3, 0.4) is 0 Å². The third-order valence-corrected chi connectivity index (χ3v) is 5.21. The number of quaternary nitrogens is 2. The molecule has 0 fully saturated rings. The van der Waals surface area contributed by atoms with Gasteiger partial charge in [-0.05, 0) is 32.6 Å². The second kappa shape index (κ2) is 40.1. The molecule has 0 saturated carbocycles. The zero-order valence-electron chi connectivity index (χ0n) is 21.7. The van der Waals surface area contributed by atoms with E-state index in [4.69, 9.17) is 9.90 Å². The summed E-state index contributed by atoms with van der Waals surface area (Å²) in [6.07, 6.45) is 28.5. The van der Waals surface area contributed by atoms with Gasteiger partial charge in [0.05, 0.1) is 13.1 Å². The maximum Gasteiger partial charge on any atom is 0.0739 e. The van der Waals surface area contributed by atoms with Crippen LogP contribution >= 0.6 is 0 Å². The molecular formula is C26H59ClN2O2. The van der Waals surface area contributed by atoms with Gasteiger partial charge in [-0.3, -0.25) is 0 Å². The number of hydrogen-bond acceptors (Lipinski definition) is 2. The van der Waals surface area contributed by atoms with Crippen LogP contribution in [0.15, 0.2) is 0 Å². The Morgan fingerprint density at radius 1 is 0.516 bits per heavy atom. The van der Waals surface area contributed by atoms with Crippen LogP contribution in [0.25, 0.3) is 0 Å². The molecule has 0 unspecified atom stereocenters. The molecule has 5 heteroatoms. The topological polar surface area (TPSA) is 95.4 Å². The van der Waals surface area contributed by atoms with Crippen LogP contribution in [-0.2, 0) is 4.79 Å². The van der Waals surface area contributed by atoms with Gasteiger partial charge in [0.1, 0.15) is 0 Å². The lowest BCUT2D eigenvalue weighted by molar-refractivity contribution is -0.368. The lowest BCUT2D eigenvalue weighted by Gasteiger charge is -2.00. The summed E-state index contributed by atoms with van der Waals surface area (Å²) in [4.78, 5) is 8.89. The van der Waals surface area contributed by atoms with Crippen molar-refractivity contribution in [2.24, 2.45) is 0 Å². The van der Waals surface area contributed by atoms with Crippen molar-refractivity contribution in [2.75, 3.05) is 13.1 Å². The standard InChI is InChI=1S/2C12H27N.C2H4O2.ClH/c2*1-2-3-4-5-6-7-8-9-10-11-12-13;1-2(3)4;/h2*2-13H2,1H3;1H3,(H,3,4);1H. The number of aliphatic carboxylic acids is 1. The maximum absolute atomic E-state index is 8.89. The molecule has 0 atom stereocenters. The van der Waals surface area contributed by atoms with Crippen LogP contribution in [0, 0.1) is 0 Å². The lowest BCUT2D eigenvalue weighted by atomic mass is 10.1. The lowest BCUT2D eigenvalue weighted by Crippen LogP contribution is -3.00. The zero-order valence-corrected chi connectivity index (χ0v) is 22.4. The van der Waals surface area contributed by atoms with Crippen LogP contribution in [0.2, 0.25) is 0 Å². The maximum atomic E-state index is 8.89. The van der Waals surface area contributed by atoms with Gasteiger partial charge >= 0.3 is 0 Å². The number of unbranched alkanes of at least 4 members (excludes halogenated alkanes) is 18. The number of hydrogen-bond donors (Lipinski definition) is 2. The second-order valence-electron chi connectivity index (χ2n) is 8.56. The van der Waals surface area contributed by atoms with Crippen molar-refractivity contribution in [3.63, 3.8) is 0 Å². The Kier molecular flexibility index (Phi) is 49.1. The van der Waals surface area contributed by atoms with E-state index < -0.39 is 5.97 Å². The molecule has 0 aromatic rings. The van der Waals surface area contributed by atoms with E-state index in [1.165, 1.54) is 128 Å². The highest BCUT2D eigenvalue weighted by Crippen LogP contribution is 2.10. The van der Waals surface area contributed by atoms with Gasteiger partial charge in [-0.15, -0.1) is 0 Å². The third kappa shape index (κ3) is 58.7. The Hall–Kier alpha value is -0.320. The molecule has 0 rings (SSSR count). The summed E-state index contributed by atoms with van der Waals surface area (Å²) >= 11 is 0. The first-order valence-electron chi connectivity index (χ1n) is 13.3. The Morgan fingerprint density at radius 2 is 0.677 bits per heavy atom. The van der Waals surface area contributed by atoms with Gasteiger partial charge in [0.2, 0.25) is 0 Å². The summed E-state index contributed by atoms with van der Waals surface area (Å²) in [6, 6.07) is 0. The van der Waals surface area contributed by atoms with Gasteiger partial charge in [0.25, 0.3) is 0 Å². The summed E-state index contributed by atoms with van der Waals surface area (Å²) in [5.74, 6) is -1.08. The summed E-state index contributed by atoms with van der Waals surface area (Å²) in [5, 5.41) is 8.89. The Balaban J connectivity index is -0.000000195.